The van der Waals surface area contributed by atoms with Crippen molar-refractivity contribution in [2.75, 3.05) is 5.32 Å². The lowest BCUT2D eigenvalue weighted by atomic mass is 9.82. The molecule has 2 N–H and O–H groups in total. The number of anilines is 1. The standard InChI is InChI=1S/C26H22FN5O2/c1-15-7-6-8-17(13-15)25(33)29-23-22(18-11-12-20(27)28-14-18)21-16(2)31-32(24(21)30-26(23)34)19-9-4-3-5-10-19/h3-14,22-23H,1-2H3,(H,29,33)(H,30,34)/t22-,23-/m0/s1. The number of carbonyl (C=O) groups is 2. The molecule has 5 rings (SSSR count). The Morgan fingerprint density at radius 3 is 2.56 bits per heavy atom. The van der Waals surface area contributed by atoms with E-state index in [4.69, 9.17) is 0 Å². The van der Waals surface area contributed by atoms with Crippen LogP contribution < -0.4 is 10.6 Å². The van der Waals surface area contributed by atoms with Gasteiger partial charge in [0.15, 0.2) is 0 Å². The normalized spacial score (nSPS) is 17.1. The van der Waals surface area contributed by atoms with Gasteiger partial charge >= 0.3 is 0 Å². The lowest BCUT2D eigenvalue weighted by Gasteiger charge is -2.32. The van der Waals surface area contributed by atoms with E-state index >= 15 is 0 Å². The molecule has 0 bridgehead atoms. The van der Waals surface area contributed by atoms with Crippen LogP contribution in [-0.4, -0.2) is 32.6 Å². The van der Waals surface area contributed by atoms with Gasteiger partial charge in [-0.15, -0.1) is 0 Å². The Morgan fingerprint density at radius 1 is 1.06 bits per heavy atom. The summed E-state index contributed by atoms with van der Waals surface area (Å²) in [5.41, 5.74) is 4.19. The lowest BCUT2D eigenvalue weighted by Crippen LogP contribution is -2.50. The SMILES string of the molecule is Cc1cccc(C(=O)N[C@@H]2C(=O)Nc3c(c(C)nn3-c3ccccc3)[C@@H]2c2ccc(F)nc2)c1. The third-order valence-electron chi connectivity index (χ3n) is 5.95. The first kappa shape index (κ1) is 21.5. The monoisotopic (exact) mass is 455 g/mol. The topological polar surface area (TPSA) is 88.9 Å². The summed E-state index contributed by atoms with van der Waals surface area (Å²) in [6.45, 7) is 3.74. The number of halogens is 1. The van der Waals surface area contributed by atoms with Crippen molar-refractivity contribution in [1.29, 1.82) is 0 Å². The third kappa shape index (κ3) is 3.83. The van der Waals surface area contributed by atoms with Gasteiger partial charge < -0.3 is 10.6 Å². The Labute approximate surface area is 195 Å². The third-order valence-corrected chi connectivity index (χ3v) is 5.95. The van der Waals surface area contributed by atoms with Gasteiger partial charge in [0.1, 0.15) is 11.9 Å². The fraction of sp³-hybridized carbons (Fsp3) is 0.154. The smallest absolute Gasteiger partial charge is 0.251 e. The molecule has 3 heterocycles. The van der Waals surface area contributed by atoms with Crippen molar-refractivity contribution in [3.8, 4) is 5.69 Å². The van der Waals surface area contributed by atoms with Crippen LogP contribution >= 0.6 is 0 Å². The van der Waals surface area contributed by atoms with E-state index < -0.39 is 17.9 Å². The quantitative estimate of drug-likeness (QED) is 0.457. The molecule has 1 aliphatic heterocycles. The number of para-hydroxylation sites is 1. The van der Waals surface area contributed by atoms with Crippen molar-refractivity contribution >= 4 is 17.6 Å². The summed E-state index contributed by atoms with van der Waals surface area (Å²) in [4.78, 5) is 30.2. The minimum Gasteiger partial charge on any atom is -0.339 e. The molecule has 0 saturated carbocycles. The molecule has 8 heteroatoms. The maximum absolute atomic E-state index is 13.6. The van der Waals surface area contributed by atoms with E-state index in [2.05, 4.69) is 20.7 Å². The van der Waals surface area contributed by atoms with Crippen molar-refractivity contribution in [1.82, 2.24) is 20.1 Å². The van der Waals surface area contributed by atoms with E-state index in [-0.39, 0.29) is 11.8 Å². The number of aromatic nitrogens is 3. The minimum atomic E-state index is -0.945. The number of aryl methyl sites for hydroxylation is 2. The summed E-state index contributed by atoms with van der Waals surface area (Å²) in [6, 6.07) is 18.5. The van der Waals surface area contributed by atoms with Crippen molar-refractivity contribution < 1.29 is 14.0 Å². The fourth-order valence-electron chi connectivity index (χ4n) is 4.39. The van der Waals surface area contributed by atoms with Gasteiger partial charge in [-0.05, 0) is 49.7 Å². The Kier molecular flexibility index (Phi) is 5.41. The second-order valence-electron chi connectivity index (χ2n) is 8.30. The van der Waals surface area contributed by atoms with Crippen LogP contribution in [0.25, 0.3) is 5.69 Å². The predicted molar refractivity (Wildman–Crippen MR) is 125 cm³/mol. The van der Waals surface area contributed by atoms with Crippen LogP contribution in [0.1, 0.15) is 38.7 Å². The molecule has 0 spiro atoms. The Morgan fingerprint density at radius 2 is 1.85 bits per heavy atom. The van der Waals surface area contributed by atoms with Gasteiger partial charge in [0.2, 0.25) is 11.9 Å². The first-order valence-electron chi connectivity index (χ1n) is 10.9. The molecule has 7 nitrogen and oxygen atoms in total. The largest absolute Gasteiger partial charge is 0.339 e. The van der Waals surface area contributed by atoms with Crippen LogP contribution in [0.2, 0.25) is 0 Å². The average molecular weight is 455 g/mol. The molecule has 2 aromatic heterocycles. The summed E-state index contributed by atoms with van der Waals surface area (Å²) < 4.78 is 15.3. The first-order valence-corrected chi connectivity index (χ1v) is 10.9. The van der Waals surface area contributed by atoms with Gasteiger partial charge in [-0.25, -0.2) is 9.67 Å². The van der Waals surface area contributed by atoms with Gasteiger partial charge in [0.05, 0.1) is 11.4 Å². The van der Waals surface area contributed by atoms with Crippen molar-refractivity contribution in [2.24, 2.45) is 0 Å². The Bertz CT molecular complexity index is 1380. The molecule has 2 aromatic carbocycles. The molecular weight excluding hydrogens is 433 g/mol. The lowest BCUT2D eigenvalue weighted by molar-refractivity contribution is -0.118. The number of carbonyl (C=O) groups excluding carboxylic acids is 2. The van der Waals surface area contributed by atoms with E-state index in [9.17, 15) is 14.0 Å². The molecule has 34 heavy (non-hydrogen) atoms. The van der Waals surface area contributed by atoms with E-state index in [1.807, 2.05) is 50.2 Å². The second-order valence-corrected chi connectivity index (χ2v) is 8.30. The number of nitrogens with zero attached hydrogens (tertiary/aromatic N) is 3. The van der Waals surface area contributed by atoms with Gasteiger partial charge in [0, 0.05) is 23.2 Å². The number of hydrogen-bond donors (Lipinski definition) is 2. The second kappa shape index (κ2) is 8.55. The summed E-state index contributed by atoms with van der Waals surface area (Å²) >= 11 is 0. The van der Waals surface area contributed by atoms with Crippen molar-refractivity contribution in [3.05, 3.63) is 107 Å². The number of pyridine rings is 1. The highest BCUT2D eigenvalue weighted by Crippen LogP contribution is 2.40. The van der Waals surface area contributed by atoms with E-state index in [0.717, 1.165) is 16.8 Å². The molecule has 0 unspecified atom stereocenters. The number of nitrogens with one attached hydrogen (secondary N) is 2. The summed E-state index contributed by atoms with van der Waals surface area (Å²) in [7, 11) is 0. The first-order chi connectivity index (χ1) is 16.4. The van der Waals surface area contributed by atoms with E-state index in [1.54, 1.807) is 28.9 Å². The van der Waals surface area contributed by atoms with Gasteiger partial charge in [0.25, 0.3) is 5.91 Å². The van der Waals surface area contributed by atoms with Gasteiger partial charge in [-0.2, -0.15) is 9.49 Å². The number of fused-ring (bicyclic) bond motifs is 1. The number of rotatable bonds is 4. The van der Waals surface area contributed by atoms with Crippen molar-refractivity contribution in [2.45, 2.75) is 25.8 Å². The molecule has 170 valence electrons. The van der Waals surface area contributed by atoms with Crippen LogP contribution in [0.3, 0.4) is 0 Å². The molecule has 0 saturated heterocycles. The highest BCUT2D eigenvalue weighted by atomic mass is 19.1. The molecule has 0 fully saturated rings. The van der Waals surface area contributed by atoms with Crippen molar-refractivity contribution in [3.63, 3.8) is 0 Å². The average Bonchev–Trinajstić information content (AvgIpc) is 3.16. The summed E-state index contributed by atoms with van der Waals surface area (Å²) in [5, 5.41) is 10.5. The zero-order valence-corrected chi connectivity index (χ0v) is 18.6. The maximum Gasteiger partial charge on any atom is 0.251 e. The highest BCUT2D eigenvalue weighted by Gasteiger charge is 2.42. The minimum absolute atomic E-state index is 0.375. The highest BCUT2D eigenvalue weighted by molar-refractivity contribution is 6.04. The van der Waals surface area contributed by atoms with Gasteiger partial charge in [-0.3, -0.25) is 9.59 Å². The van der Waals surface area contributed by atoms with Crippen LogP contribution in [0, 0.1) is 19.8 Å². The number of amides is 2. The van der Waals surface area contributed by atoms with Gasteiger partial charge in [-0.1, -0.05) is 42.0 Å². The molecule has 1 aliphatic rings. The fourth-order valence-corrected chi connectivity index (χ4v) is 4.39. The zero-order valence-electron chi connectivity index (χ0n) is 18.6. The summed E-state index contributed by atoms with van der Waals surface area (Å²) in [5.74, 6) is -1.48. The molecule has 2 amide bonds. The molecule has 2 atom stereocenters. The van der Waals surface area contributed by atoms with E-state index in [1.165, 1.54) is 12.3 Å². The van der Waals surface area contributed by atoms with Crippen LogP contribution in [-0.2, 0) is 4.79 Å². The van der Waals surface area contributed by atoms with Crippen LogP contribution in [0.15, 0.2) is 72.9 Å². The van der Waals surface area contributed by atoms with Crippen LogP contribution in [0.5, 0.6) is 0 Å². The number of hydrogen-bond acceptors (Lipinski definition) is 4. The molecular formula is C26H22FN5O2. The molecule has 0 aliphatic carbocycles. The summed E-state index contributed by atoms with van der Waals surface area (Å²) in [6.07, 6.45) is 1.40. The Hall–Kier alpha value is -4.33. The molecule has 4 aromatic rings. The predicted octanol–water partition coefficient (Wildman–Crippen LogP) is 3.91. The van der Waals surface area contributed by atoms with E-state index in [0.29, 0.717) is 22.6 Å². The maximum atomic E-state index is 13.6. The number of benzene rings is 2. The Balaban J connectivity index is 1.62. The molecule has 0 radical (unpaired) electrons. The van der Waals surface area contributed by atoms with Crippen LogP contribution in [0.4, 0.5) is 10.2 Å². The zero-order chi connectivity index (χ0) is 23.8.